The number of aliphatic hydroxyl groups is 4. The Morgan fingerprint density at radius 1 is 0.538 bits per heavy atom. The molecule has 25 heteroatoms. The van der Waals surface area contributed by atoms with Gasteiger partial charge >= 0.3 is 69.3 Å². The normalized spacial score (nSPS) is 40.5. The molecule has 0 amide bonds. The van der Waals surface area contributed by atoms with Crippen LogP contribution >= 0.6 is 0 Å². The van der Waals surface area contributed by atoms with E-state index in [-0.39, 0.29) is 200 Å². The van der Waals surface area contributed by atoms with E-state index in [0.29, 0.717) is 30.4 Å². The Morgan fingerprint density at radius 3 is 1.22 bits per heavy atom. The van der Waals surface area contributed by atoms with E-state index in [4.69, 9.17) is 24.1 Å². The van der Waals surface area contributed by atoms with Crippen LogP contribution in [0.15, 0.2) is 94.7 Å². The number of Topliss-reactive ketones (excluding diaryl/α,β-unsaturated/α-hetero) is 3. The Kier molecular flexibility index (Phi) is 30.9. The Labute approximate surface area is 652 Å². The molecule has 0 aliphatic heterocycles. The standard InChI is InChI=1S/C27H34F2O7.C23H26F2O5.C21H24F2O4.C2H4O2.6CH4.K/c1-5-6-23(34)36-26(22(33)14-35-15(2)30)10-8-17-18-12-20(28)19-11-16(31)7-9-24(19,3)27(18,29)21(32)13-25(17,26)4;1-12(26)30-11-19(28)15-5-4-14-16-9-18(24)17-8-13(27)6-7-22(17,3)23(16,25)20(29)10-21(14,15)2;1-19-9-18(27)21(23)14(12(19)3-4-13(19)17(26)10-24)8-16(22)15-7-11(25)5-6-20(15,21)2;1-2(3)4;;;;;;;/h7,9,11,17-18,20-21,32H,5-6,8,10,12-14H2,1-4H3;5-8,14,16,18,20,29H,4,9-11H2,1-3H3;4-7,12,14,16,18,24,27H,3,8-10H2,1-2H3;1H3,(H,3,4);6*1H4;/q;;;;;;;;;;+1/p-1/t17-,18-,20-,21-,24-,25-,26-,27-;14-,16-,18-,20-,21-,22-,23-;12-,14-,16-,18-,19-,20-,21-;;;;;;;;/m000......../s1. The maximum absolute atomic E-state index is 17.2. The molecule has 0 spiro atoms. The maximum Gasteiger partial charge on any atom is 1.00 e. The first-order valence-electron chi connectivity index (χ1n) is 33.2. The van der Waals surface area contributed by atoms with Crippen LogP contribution in [0.5, 0.6) is 0 Å². The van der Waals surface area contributed by atoms with Crippen molar-refractivity contribution < 1.29 is 165 Å². The topological polar surface area (TPSA) is 302 Å². The van der Waals surface area contributed by atoms with Gasteiger partial charge in [0.2, 0.25) is 5.78 Å². The Balaban J connectivity index is 0.000000504. The van der Waals surface area contributed by atoms with Crippen molar-refractivity contribution in [3.05, 3.63) is 94.7 Å². The maximum atomic E-state index is 17.2. The van der Waals surface area contributed by atoms with Crippen molar-refractivity contribution in [2.45, 2.75) is 250 Å². The van der Waals surface area contributed by atoms with Gasteiger partial charge in [-0.25, -0.2) is 26.3 Å². The van der Waals surface area contributed by atoms with Gasteiger partial charge in [-0.2, -0.15) is 0 Å². The molecule has 18 nitrogen and oxygen atoms in total. The molecule has 578 valence electrons. The van der Waals surface area contributed by atoms with E-state index in [2.05, 4.69) is 0 Å². The van der Waals surface area contributed by atoms with E-state index < -0.39 is 177 Å². The van der Waals surface area contributed by atoms with Crippen molar-refractivity contribution in [2.75, 3.05) is 19.8 Å². The van der Waals surface area contributed by atoms with Gasteiger partial charge in [-0.3, -0.25) is 43.2 Å². The third-order valence-corrected chi connectivity index (χ3v) is 24.9. The number of aliphatic hydroxyl groups excluding tert-OH is 4. The Bertz CT molecular complexity index is 3610. The first kappa shape index (κ1) is 95.0. The number of alkyl halides is 6. The van der Waals surface area contributed by atoms with Gasteiger partial charge in [-0.15, -0.1) is 0 Å². The SMILES string of the molecule is C.C.C.C.C.C.CC(=O)OCC(=O)C1=CC[C@H]2[C@@H]3C[C@H](F)C4=CC(=O)C=C[C@]4(C)[C@@]3(F)[C@@H](O)C[C@]12C.CC(=O)[O-].CCCC(=O)O[C@]1(C(=O)COC(C)=O)CC[C@H]2[C@@H]3C[C@H](F)C4=CC(=O)C=C[C@]4(C)[C@@]3(F)[C@@H](O)C[C@@]21C.C[C@]12C=CC(=O)C=C1[C@@H](F)C[C@H]1[C@@H]3CC=C(C(=O)CO)[C@@]3(C)C[C@H](O)[C@@]12F.[K+]. The third-order valence-electron chi connectivity index (χ3n) is 24.9. The van der Waals surface area contributed by atoms with Gasteiger partial charge in [0.25, 0.3) is 0 Å². The molecule has 22 atom stereocenters. The largest absolute Gasteiger partial charge is 1.00 e. The minimum atomic E-state index is -2.30. The summed E-state index contributed by atoms with van der Waals surface area (Å²) in [5.41, 5.74) is -14.6. The van der Waals surface area contributed by atoms with Crippen LogP contribution in [0.3, 0.4) is 0 Å². The first-order valence-corrected chi connectivity index (χ1v) is 33.2. The number of hydrogen-bond acceptors (Lipinski definition) is 18. The number of ketones is 6. The summed E-state index contributed by atoms with van der Waals surface area (Å²) < 4.78 is 112. The zero-order valence-corrected chi connectivity index (χ0v) is 60.3. The van der Waals surface area contributed by atoms with Gasteiger partial charge in [0.15, 0.2) is 64.7 Å². The smallest absolute Gasteiger partial charge is 0.550 e. The Morgan fingerprint density at radius 2 is 0.875 bits per heavy atom. The second-order valence-electron chi connectivity index (χ2n) is 29.9. The van der Waals surface area contributed by atoms with Crippen LogP contribution in [0, 0.1) is 68.0 Å². The molecule has 0 bridgehead atoms. The quantitative estimate of drug-likeness (QED) is 0.0652. The second kappa shape index (κ2) is 33.8. The molecule has 0 aromatic heterocycles. The third kappa shape index (κ3) is 14.7. The van der Waals surface area contributed by atoms with Gasteiger partial charge in [0.1, 0.15) is 25.1 Å². The van der Waals surface area contributed by atoms with Crippen LogP contribution in [0.2, 0.25) is 0 Å². The first-order chi connectivity index (χ1) is 45.0. The van der Waals surface area contributed by atoms with E-state index >= 15 is 26.3 Å². The van der Waals surface area contributed by atoms with E-state index in [1.165, 1.54) is 50.3 Å². The summed E-state index contributed by atoms with van der Waals surface area (Å²) in [6, 6.07) is 0. The molecule has 0 aromatic carbocycles. The number of aliphatic carboxylic acids is 1. The van der Waals surface area contributed by atoms with Crippen LogP contribution in [0.1, 0.15) is 191 Å². The number of carboxylic acid groups (broad SMARTS) is 1. The van der Waals surface area contributed by atoms with Gasteiger partial charge < -0.3 is 44.5 Å². The molecule has 7 fully saturated rings. The van der Waals surface area contributed by atoms with Gasteiger partial charge in [0, 0.05) is 82.1 Å². The summed E-state index contributed by atoms with van der Waals surface area (Å²) in [4.78, 5) is 118. The molecule has 7 saturated carbocycles. The molecule has 0 aromatic rings. The molecule has 12 rings (SSSR count). The fourth-order valence-electron chi connectivity index (χ4n) is 20.4. The molecule has 0 heterocycles. The zero-order valence-electron chi connectivity index (χ0n) is 57.2. The number of hydrogen-bond donors (Lipinski definition) is 4. The number of carbonyl (C=O) groups is 10. The molecule has 0 radical (unpaired) electrons. The van der Waals surface area contributed by atoms with E-state index in [0.717, 1.165) is 32.1 Å². The van der Waals surface area contributed by atoms with Crippen molar-refractivity contribution in [3.8, 4) is 0 Å². The van der Waals surface area contributed by atoms with Crippen LogP contribution in [0.25, 0.3) is 0 Å². The van der Waals surface area contributed by atoms with Crippen molar-refractivity contribution >= 4 is 58.6 Å². The van der Waals surface area contributed by atoms with Crippen molar-refractivity contribution in [3.63, 3.8) is 0 Å². The second-order valence-corrected chi connectivity index (χ2v) is 29.9. The molecular formula is C79H111F6KO18. The minimum Gasteiger partial charge on any atom is -0.550 e. The summed E-state index contributed by atoms with van der Waals surface area (Å²) in [6.07, 6.45) is 6.45. The zero-order chi connectivity index (χ0) is 72.1. The number of halogens is 6. The van der Waals surface area contributed by atoms with Crippen molar-refractivity contribution in [2.24, 2.45) is 68.0 Å². The average molecular weight is 1500 g/mol. The summed E-state index contributed by atoms with van der Waals surface area (Å²) in [5, 5.41) is 51.6. The summed E-state index contributed by atoms with van der Waals surface area (Å²) in [7, 11) is 0. The molecule has 4 N–H and O–H groups in total. The van der Waals surface area contributed by atoms with E-state index in [9.17, 15) is 63.6 Å². The van der Waals surface area contributed by atoms with Crippen molar-refractivity contribution in [1.82, 2.24) is 0 Å². The molecular weight excluding hydrogens is 1390 g/mol. The van der Waals surface area contributed by atoms with E-state index in [1.807, 2.05) is 0 Å². The summed E-state index contributed by atoms with van der Waals surface area (Å²) in [6.45, 7) is 13.3. The fourth-order valence-corrected chi connectivity index (χ4v) is 20.4. The van der Waals surface area contributed by atoms with Gasteiger partial charge in [0.05, 0.1) is 18.3 Å². The van der Waals surface area contributed by atoms with Crippen LogP contribution < -0.4 is 56.5 Å². The summed E-state index contributed by atoms with van der Waals surface area (Å²) >= 11 is 0. The monoisotopic (exact) mass is 1500 g/mol. The summed E-state index contributed by atoms with van der Waals surface area (Å²) in [5.74, 6) is -9.56. The number of fused-ring (bicyclic) bond motifs is 15. The number of allylic oxidation sites excluding steroid dienone is 14. The minimum absolute atomic E-state index is 0. The number of esters is 3. The number of carboxylic acids is 1. The number of rotatable bonds is 11. The van der Waals surface area contributed by atoms with Crippen LogP contribution in [-0.4, -0.2) is 158 Å². The van der Waals surface area contributed by atoms with Gasteiger partial charge in [-0.05, 0) is 175 Å². The molecule has 0 saturated heterocycles. The molecule has 104 heavy (non-hydrogen) atoms. The van der Waals surface area contributed by atoms with Crippen LogP contribution in [-0.2, 0) is 62.2 Å². The predicted octanol–water partition coefficient (Wildman–Crippen LogP) is 8.47. The van der Waals surface area contributed by atoms with E-state index in [1.54, 1.807) is 53.7 Å². The number of carbonyl (C=O) groups excluding carboxylic acids is 10. The average Bonchev–Trinajstić information content (AvgIpc) is 1.37. The predicted molar refractivity (Wildman–Crippen MR) is 373 cm³/mol. The fraction of sp³-hybridized carbons (Fsp3) is 0.671. The van der Waals surface area contributed by atoms with Crippen LogP contribution in [0.4, 0.5) is 26.3 Å². The molecule has 0 unspecified atom stereocenters. The molecule has 12 aliphatic carbocycles. The number of ether oxygens (including phenoxy) is 3. The Hall–Kier alpha value is -5.12. The van der Waals surface area contributed by atoms with Crippen molar-refractivity contribution in [1.29, 1.82) is 0 Å². The molecule has 12 aliphatic rings. The van der Waals surface area contributed by atoms with Gasteiger partial charge in [-0.1, -0.05) is 103 Å².